The van der Waals surface area contributed by atoms with Gasteiger partial charge in [-0.1, -0.05) is 0 Å². The SMILES string of the molecule is COc1ccc(C(=O)N/N=C\c2ccc(OC)c(OC)c2)cc1. The van der Waals surface area contributed by atoms with Crippen molar-refractivity contribution in [3.63, 3.8) is 0 Å². The summed E-state index contributed by atoms with van der Waals surface area (Å²) in [5.74, 6) is 1.62. The second-order valence-corrected chi connectivity index (χ2v) is 4.54. The van der Waals surface area contributed by atoms with Gasteiger partial charge in [-0.15, -0.1) is 0 Å². The van der Waals surface area contributed by atoms with Crippen LogP contribution in [-0.4, -0.2) is 33.5 Å². The summed E-state index contributed by atoms with van der Waals surface area (Å²) in [5.41, 5.74) is 3.74. The number of nitrogens with one attached hydrogen (secondary N) is 1. The van der Waals surface area contributed by atoms with Crippen LogP contribution in [0.25, 0.3) is 0 Å². The summed E-state index contributed by atoms with van der Waals surface area (Å²) < 4.78 is 15.4. The molecule has 0 spiro atoms. The number of hydrogen-bond acceptors (Lipinski definition) is 5. The maximum Gasteiger partial charge on any atom is 0.271 e. The Morgan fingerprint density at radius 2 is 1.65 bits per heavy atom. The van der Waals surface area contributed by atoms with Crippen molar-refractivity contribution in [1.29, 1.82) is 0 Å². The third-order valence-corrected chi connectivity index (χ3v) is 3.14. The van der Waals surface area contributed by atoms with Crippen molar-refractivity contribution in [2.24, 2.45) is 5.10 Å². The Morgan fingerprint density at radius 1 is 0.957 bits per heavy atom. The van der Waals surface area contributed by atoms with E-state index < -0.39 is 0 Å². The molecule has 0 bridgehead atoms. The van der Waals surface area contributed by atoms with Gasteiger partial charge in [0, 0.05) is 5.56 Å². The first-order valence-electron chi connectivity index (χ1n) is 6.87. The van der Waals surface area contributed by atoms with Gasteiger partial charge in [0.15, 0.2) is 11.5 Å². The molecule has 6 nitrogen and oxygen atoms in total. The van der Waals surface area contributed by atoms with Crippen LogP contribution in [0, 0.1) is 0 Å². The molecule has 1 N–H and O–H groups in total. The molecule has 6 heteroatoms. The van der Waals surface area contributed by atoms with Crippen LogP contribution in [0.1, 0.15) is 15.9 Å². The number of carbonyl (C=O) groups excluding carboxylic acids is 1. The van der Waals surface area contributed by atoms with Gasteiger partial charge in [0.2, 0.25) is 0 Å². The normalized spacial score (nSPS) is 10.4. The quantitative estimate of drug-likeness (QED) is 0.657. The molecule has 0 saturated carbocycles. The predicted octanol–water partition coefficient (Wildman–Crippen LogP) is 2.48. The Balaban J connectivity index is 2.01. The largest absolute Gasteiger partial charge is 0.497 e. The van der Waals surface area contributed by atoms with E-state index in [1.54, 1.807) is 57.7 Å². The molecule has 23 heavy (non-hydrogen) atoms. The van der Waals surface area contributed by atoms with E-state index in [9.17, 15) is 4.79 Å². The molecule has 2 aromatic rings. The highest BCUT2D eigenvalue weighted by atomic mass is 16.5. The van der Waals surface area contributed by atoms with Gasteiger partial charge < -0.3 is 14.2 Å². The monoisotopic (exact) mass is 314 g/mol. The van der Waals surface area contributed by atoms with Gasteiger partial charge in [-0.2, -0.15) is 5.10 Å². The fourth-order valence-corrected chi connectivity index (χ4v) is 1.91. The fourth-order valence-electron chi connectivity index (χ4n) is 1.91. The number of rotatable bonds is 6. The number of hydrazone groups is 1. The van der Waals surface area contributed by atoms with E-state index >= 15 is 0 Å². The third-order valence-electron chi connectivity index (χ3n) is 3.14. The van der Waals surface area contributed by atoms with E-state index in [-0.39, 0.29) is 5.91 Å². The molecule has 0 aliphatic heterocycles. The molecule has 0 radical (unpaired) electrons. The van der Waals surface area contributed by atoms with Crippen LogP contribution in [0.3, 0.4) is 0 Å². The van der Waals surface area contributed by atoms with Crippen LogP contribution in [-0.2, 0) is 0 Å². The van der Waals surface area contributed by atoms with Crippen LogP contribution in [0.2, 0.25) is 0 Å². The minimum atomic E-state index is -0.302. The van der Waals surface area contributed by atoms with E-state index in [4.69, 9.17) is 14.2 Å². The number of hydrogen-bond donors (Lipinski definition) is 1. The highest BCUT2D eigenvalue weighted by molar-refractivity contribution is 5.95. The molecule has 0 atom stereocenters. The Kier molecular flexibility index (Phi) is 5.57. The summed E-state index contributed by atoms with van der Waals surface area (Å²) in [6.45, 7) is 0. The molecule has 2 rings (SSSR count). The summed E-state index contributed by atoms with van der Waals surface area (Å²) in [7, 11) is 4.70. The number of ether oxygens (including phenoxy) is 3. The number of carbonyl (C=O) groups is 1. The molecule has 0 aliphatic rings. The molecular formula is C17H18N2O4. The lowest BCUT2D eigenvalue weighted by molar-refractivity contribution is 0.0955. The lowest BCUT2D eigenvalue weighted by Gasteiger charge is -2.07. The first-order chi connectivity index (χ1) is 11.2. The van der Waals surface area contributed by atoms with Gasteiger partial charge in [-0.25, -0.2) is 5.43 Å². The van der Waals surface area contributed by atoms with E-state index in [0.717, 1.165) is 5.56 Å². The standard InChI is InChI=1S/C17H18N2O4/c1-21-14-7-5-13(6-8-14)17(20)19-18-11-12-4-9-15(22-2)16(10-12)23-3/h4-11H,1-3H3,(H,19,20)/b18-11-. The molecule has 0 unspecified atom stereocenters. The summed E-state index contributed by atoms with van der Waals surface area (Å²) in [6.07, 6.45) is 1.53. The molecule has 0 aliphatic carbocycles. The van der Waals surface area contributed by atoms with Crippen LogP contribution >= 0.6 is 0 Å². The number of methoxy groups -OCH3 is 3. The number of benzene rings is 2. The second-order valence-electron chi connectivity index (χ2n) is 4.54. The zero-order chi connectivity index (χ0) is 16.7. The van der Waals surface area contributed by atoms with Crippen LogP contribution in [0.5, 0.6) is 17.2 Å². The average molecular weight is 314 g/mol. The molecule has 0 aromatic heterocycles. The average Bonchev–Trinajstić information content (AvgIpc) is 2.61. The molecular weight excluding hydrogens is 296 g/mol. The van der Waals surface area contributed by atoms with Gasteiger partial charge in [-0.3, -0.25) is 4.79 Å². The molecule has 0 heterocycles. The smallest absolute Gasteiger partial charge is 0.271 e. The van der Waals surface area contributed by atoms with Gasteiger partial charge in [0.05, 0.1) is 27.5 Å². The summed E-state index contributed by atoms with van der Waals surface area (Å²) in [6, 6.07) is 12.1. The zero-order valence-electron chi connectivity index (χ0n) is 13.2. The molecule has 0 fully saturated rings. The Hall–Kier alpha value is -3.02. The highest BCUT2D eigenvalue weighted by Crippen LogP contribution is 2.26. The Labute approximate surface area is 134 Å². The Morgan fingerprint density at radius 3 is 2.26 bits per heavy atom. The van der Waals surface area contributed by atoms with Crippen molar-refractivity contribution in [1.82, 2.24) is 5.43 Å². The third kappa shape index (κ3) is 4.23. The minimum Gasteiger partial charge on any atom is -0.497 e. The van der Waals surface area contributed by atoms with Gasteiger partial charge in [0.25, 0.3) is 5.91 Å². The van der Waals surface area contributed by atoms with Crippen LogP contribution in [0.4, 0.5) is 0 Å². The van der Waals surface area contributed by atoms with Crippen LogP contribution in [0.15, 0.2) is 47.6 Å². The maximum absolute atomic E-state index is 11.9. The van der Waals surface area contributed by atoms with Crippen molar-refractivity contribution in [2.45, 2.75) is 0 Å². The molecule has 1 amide bonds. The van der Waals surface area contributed by atoms with Crippen molar-refractivity contribution >= 4 is 12.1 Å². The zero-order valence-corrected chi connectivity index (χ0v) is 13.2. The minimum absolute atomic E-state index is 0.302. The van der Waals surface area contributed by atoms with Gasteiger partial charge in [0.1, 0.15) is 5.75 Å². The first kappa shape index (κ1) is 16.4. The topological polar surface area (TPSA) is 69.2 Å². The number of amides is 1. The van der Waals surface area contributed by atoms with Crippen molar-refractivity contribution in [2.75, 3.05) is 21.3 Å². The summed E-state index contributed by atoms with van der Waals surface area (Å²) in [5, 5.41) is 3.94. The molecule has 120 valence electrons. The maximum atomic E-state index is 11.9. The van der Waals surface area contributed by atoms with Crippen molar-refractivity contribution in [3.8, 4) is 17.2 Å². The lowest BCUT2D eigenvalue weighted by atomic mass is 10.2. The lowest BCUT2D eigenvalue weighted by Crippen LogP contribution is -2.17. The van der Waals surface area contributed by atoms with E-state index in [2.05, 4.69) is 10.5 Å². The van der Waals surface area contributed by atoms with E-state index in [0.29, 0.717) is 22.8 Å². The first-order valence-corrected chi connectivity index (χ1v) is 6.87. The van der Waals surface area contributed by atoms with Crippen molar-refractivity contribution < 1.29 is 19.0 Å². The van der Waals surface area contributed by atoms with E-state index in [1.165, 1.54) is 6.21 Å². The number of nitrogens with zero attached hydrogens (tertiary/aromatic N) is 1. The predicted molar refractivity (Wildman–Crippen MR) is 87.6 cm³/mol. The van der Waals surface area contributed by atoms with Crippen molar-refractivity contribution in [3.05, 3.63) is 53.6 Å². The van der Waals surface area contributed by atoms with Gasteiger partial charge >= 0.3 is 0 Å². The van der Waals surface area contributed by atoms with E-state index in [1.807, 2.05) is 6.07 Å². The second kappa shape index (κ2) is 7.84. The fraction of sp³-hybridized carbons (Fsp3) is 0.176. The summed E-state index contributed by atoms with van der Waals surface area (Å²) in [4.78, 5) is 11.9. The Bertz CT molecular complexity index is 696. The van der Waals surface area contributed by atoms with Gasteiger partial charge in [-0.05, 0) is 48.0 Å². The molecule has 0 saturated heterocycles. The molecule has 2 aromatic carbocycles. The van der Waals surface area contributed by atoms with Crippen LogP contribution < -0.4 is 19.6 Å². The summed E-state index contributed by atoms with van der Waals surface area (Å²) >= 11 is 0. The highest BCUT2D eigenvalue weighted by Gasteiger charge is 2.05.